The molecule has 1 amide bonds. The maximum Gasteiger partial charge on any atom is 0.303 e. The molecular formula is C30H48N2O3. The molecule has 5 rings (SSSR count). The number of carbonyl (C=O) groups is 2. The van der Waals surface area contributed by atoms with Crippen LogP contribution in [0.2, 0.25) is 0 Å². The lowest BCUT2D eigenvalue weighted by Crippen LogP contribution is -2.55. The highest BCUT2D eigenvalue weighted by Gasteiger charge is 2.64. The molecule has 1 saturated heterocycles. The number of esters is 1. The van der Waals surface area contributed by atoms with Crippen molar-refractivity contribution in [3.63, 3.8) is 0 Å². The summed E-state index contributed by atoms with van der Waals surface area (Å²) in [6.07, 6.45) is 13.2. The van der Waals surface area contributed by atoms with Gasteiger partial charge in [-0.2, -0.15) is 0 Å². The predicted octanol–water partition coefficient (Wildman–Crippen LogP) is 5.44. The topological polar surface area (TPSA) is 49.9 Å². The van der Waals surface area contributed by atoms with Crippen molar-refractivity contribution in [3.8, 4) is 0 Å². The molecule has 0 aromatic rings. The summed E-state index contributed by atoms with van der Waals surface area (Å²) in [6.45, 7) is 11.4. The number of hydrogen-bond donors (Lipinski definition) is 0. The molecule has 0 N–H and O–H groups in total. The van der Waals surface area contributed by atoms with Crippen molar-refractivity contribution in [1.29, 1.82) is 0 Å². The standard InChI is InChI=1S/C30H48N2O3/c1-8-29(5,35-20(3)33)27(34)32(7)22-13-15-28(4)21(17-22)9-10-23-25(28)14-16-30-18-31(6)19(2)24(30)11-12-26(23)30/h9,19,22-26H,8,10-18H2,1-7H3/t19-,22-,23+,24+,25-,26-,28-,29?,30?/m0/s1. The highest BCUT2D eigenvalue weighted by atomic mass is 16.6. The van der Waals surface area contributed by atoms with Crippen molar-refractivity contribution >= 4 is 11.9 Å². The fraction of sp³-hybridized carbons (Fsp3) is 0.867. The van der Waals surface area contributed by atoms with E-state index in [0.29, 0.717) is 11.8 Å². The minimum Gasteiger partial charge on any atom is -0.449 e. The zero-order valence-corrected chi connectivity index (χ0v) is 23.2. The second-order valence-electron chi connectivity index (χ2n) is 13.4. The van der Waals surface area contributed by atoms with Crippen molar-refractivity contribution < 1.29 is 14.3 Å². The van der Waals surface area contributed by atoms with E-state index in [1.807, 2.05) is 18.9 Å². The summed E-state index contributed by atoms with van der Waals surface area (Å²) < 4.78 is 5.50. The second kappa shape index (κ2) is 8.60. The Hall–Kier alpha value is -1.36. The van der Waals surface area contributed by atoms with Gasteiger partial charge in [-0.1, -0.05) is 25.5 Å². The molecule has 1 heterocycles. The maximum atomic E-state index is 13.4. The van der Waals surface area contributed by atoms with Crippen LogP contribution in [0.1, 0.15) is 92.4 Å². The van der Waals surface area contributed by atoms with Gasteiger partial charge in [0, 0.05) is 32.6 Å². The second-order valence-corrected chi connectivity index (χ2v) is 13.4. The van der Waals surface area contributed by atoms with Crippen molar-refractivity contribution in [2.24, 2.45) is 34.5 Å². The van der Waals surface area contributed by atoms with Gasteiger partial charge in [0.1, 0.15) is 0 Å². The number of carbonyl (C=O) groups excluding carboxylic acids is 2. The predicted molar refractivity (Wildman–Crippen MR) is 139 cm³/mol. The van der Waals surface area contributed by atoms with Gasteiger partial charge in [-0.3, -0.25) is 9.59 Å². The number of rotatable bonds is 4. The zero-order valence-electron chi connectivity index (χ0n) is 23.2. The van der Waals surface area contributed by atoms with Crippen LogP contribution in [-0.2, 0) is 14.3 Å². The van der Waals surface area contributed by atoms with E-state index in [0.717, 1.165) is 49.0 Å². The summed E-state index contributed by atoms with van der Waals surface area (Å²) in [6, 6.07) is 0.932. The van der Waals surface area contributed by atoms with Gasteiger partial charge >= 0.3 is 5.97 Å². The molecule has 0 radical (unpaired) electrons. The number of nitrogens with zero attached hydrogens (tertiary/aromatic N) is 2. The van der Waals surface area contributed by atoms with E-state index in [-0.39, 0.29) is 23.3 Å². The molecule has 9 atom stereocenters. The first-order valence-electron chi connectivity index (χ1n) is 14.3. The molecule has 5 aliphatic rings. The Kier molecular flexibility index (Phi) is 6.22. The fourth-order valence-corrected chi connectivity index (χ4v) is 9.90. The highest BCUT2D eigenvalue weighted by Crippen LogP contribution is 2.68. The molecule has 5 nitrogen and oxygen atoms in total. The molecule has 4 aliphatic carbocycles. The Morgan fingerprint density at radius 2 is 1.89 bits per heavy atom. The quantitative estimate of drug-likeness (QED) is 0.394. The SMILES string of the molecule is CCC(C)(OC(C)=O)C(=O)N(C)[C@H]1CC[C@@]2(C)C(=CC[C@H]3[C@@H]4CC[C@@H]5[C@H](C)N(C)CC54CC[C@@H]32)C1. The molecule has 0 aromatic heterocycles. The number of likely N-dealkylation sites (N-methyl/N-ethyl adjacent to an activating group) is 1. The van der Waals surface area contributed by atoms with E-state index < -0.39 is 5.60 Å². The number of hydrogen-bond acceptors (Lipinski definition) is 4. The van der Waals surface area contributed by atoms with Crippen LogP contribution in [0, 0.1) is 34.5 Å². The lowest BCUT2D eigenvalue weighted by Gasteiger charge is -2.58. The third kappa shape index (κ3) is 3.65. The van der Waals surface area contributed by atoms with Gasteiger partial charge in [-0.25, -0.2) is 0 Å². The largest absolute Gasteiger partial charge is 0.449 e. The number of likely N-dealkylation sites (tertiary alicyclic amines) is 1. The third-order valence-corrected chi connectivity index (χ3v) is 12.0. The number of ether oxygens (including phenoxy) is 1. The molecule has 35 heavy (non-hydrogen) atoms. The smallest absolute Gasteiger partial charge is 0.303 e. The summed E-state index contributed by atoms with van der Waals surface area (Å²) >= 11 is 0. The van der Waals surface area contributed by atoms with Gasteiger partial charge in [0.25, 0.3) is 5.91 Å². The Morgan fingerprint density at radius 3 is 2.57 bits per heavy atom. The summed E-state index contributed by atoms with van der Waals surface area (Å²) in [5.74, 6) is 2.97. The summed E-state index contributed by atoms with van der Waals surface area (Å²) in [5, 5.41) is 0. The Labute approximate surface area is 213 Å². The lowest BCUT2D eigenvalue weighted by molar-refractivity contribution is -0.172. The van der Waals surface area contributed by atoms with E-state index in [4.69, 9.17) is 4.74 Å². The molecule has 1 aliphatic heterocycles. The molecule has 0 bridgehead atoms. The molecule has 196 valence electrons. The lowest BCUT2D eigenvalue weighted by atomic mass is 9.47. The molecule has 2 unspecified atom stereocenters. The molecular weight excluding hydrogens is 436 g/mol. The van der Waals surface area contributed by atoms with Gasteiger partial charge in [0.2, 0.25) is 0 Å². The van der Waals surface area contributed by atoms with Crippen molar-refractivity contribution in [2.75, 3.05) is 20.6 Å². The minimum atomic E-state index is -1.07. The fourth-order valence-electron chi connectivity index (χ4n) is 9.90. The first-order valence-corrected chi connectivity index (χ1v) is 14.3. The van der Waals surface area contributed by atoms with Crippen LogP contribution in [0.3, 0.4) is 0 Å². The number of amides is 1. The number of fused-ring (bicyclic) bond motifs is 4. The Bertz CT molecular complexity index is 915. The van der Waals surface area contributed by atoms with Gasteiger partial charge in [0.05, 0.1) is 0 Å². The normalized spacial score (nSPS) is 44.3. The van der Waals surface area contributed by atoms with E-state index in [1.54, 1.807) is 12.5 Å². The Morgan fingerprint density at radius 1 is 1.17 bits per heavy atom. The first-order chi connectivity index (χ1) is 16.5. The summed E-state index contributed by atoms with van der Waals surface area (Å²) in [4.78, 5) is 29.6. The van der Waals surface area contributed by atoms with Gasteiger partial charge < -0.3 is 14.5 Å². The van der Waals surface area contributed by atoms with Crippen LogP contribution in [0.5, 0.6) is 0 Å². The molecule has 5 heteroatoms. The van der Waals surface area contributed by atoms with Gasteiger partial charge in [-0.05, 0) is 113 Å². The van der Waals surface area contributed by atoms with Crippen molar-refractivity contribution in [2.45, 2.75) is 110 Å². The van der Waals surface area contributed by atoms with Crippen LogP contribution in [0.25, 0.3) is 0 Å². The monoisotopic (exact) mass is 484 g/mol. The average Bonchev–Trinajstić information content (AvgIpc) is 3.30. The van der Waals surface area contributed by atoms with Gasteiger partial charge in [-0.15, -0.1) is 0 Å². The maximum absolute atomic E-state index is 13.4. The van der Waals surface area contributed by atoms with E-state index in [9.17, 15) is 9.59 Å². The highest BCUT2D eigenvalue weighted by molar-refractivity contribution is 5.87. The van der Waals surface area contributed by atoms with Crippen molar-refractivity contribution in [3.05, 3.63) is 11.6 Å². The first kappa shape index (κ1) is 25.3. The minimum absolute atomic E-state index is 0.0610. The average molecular weight is 485 g/mol. The zero-order chi connectivity index (χ0) is 25.3. The van der Waals surface area contributed by atoms with Crippen LogP contribution >= 0.6 is 0 Å². The van der Waals surface area contributed by atoms with Crippen LogP contribution < -0.4 is 0 Å². The van der Waals surface area contributed by atoms with E-state index in [1.165, 1.54) is 45.6 Å². The van der Waals surface area contributed by atoms with E-state index >= 15 is 0 Å². The number of allylic oxidation sites excluding steroid dienone is 1. The van der Waals surface area contributed by atoms with Crippen LogP contribution in [0.4, 0.5) is 0 Å². The van der Waals surface area contributed by atoms with Crippen LogP contribution in [-0.4, -0.2) is 60.0 Å². The summed E-state index contributed by atoms with van der Waals surface area (Å²) in [5.41, 5.74) is 1.38. The molecule has 3 saturated carbocycles. The van der Waals surface area contributed by atoms with Gasteiger partial charge in [0.15, 0.2) is 5.60 Å². The molecule has 4 fully saturated rings. The van der Waals surface area contributed by atoms with Crippen LogP contribution in [0.15, 0.2) is 11.6 Å². The molecule has 0 aromatic carbocycles. The van der Waals surface area contributed by atoms with Crippen molar-refractivity contribution in [1.82, 2.24) is 9.80 Å². The third-order valence-electron chi connectivity index (χ3n) is 12.0. The molecule has 1 spiro atoms. The summed E-state index contributed by atoms with van der Waals surface area (Å²) in [7, 11) is 4.27. The van der Waals surface area contributed by atoms with E-state index in [2.05, 4.69) is 31.9 Å². The Balaban J connectivity index is 1.34.